The zero-order valence-electron chi connectivity index (χ0n) is 34.0. The number of nitrogens with zero attached hydrogens (tertiary/aromatic N) is 2. The molecule has 54 heavy (non-hydrogen) atoms. The Morgan fingerprint density at radius 3 is 2.35 bits per heavy atom. The molecule has 2 aliphatic heterocycles. The van der Waals surface area contributed by atoms with Crippen LogP contribution in [0.25, 0.3) is 17.0 Å². The highest BCUT2D eigenvalue weighted by Gasteiger charge is 2.52. The molecule has 0 bridgehead atoms. The summed E-state index contributed by atoms with van der Waals surface area (Å²) in [4.78, 5) is 34.7. The van der Waals surface area contributed by atoms with Gasteiger partial charge in [-0.15, -0.1) is 0 Å². The fourth-order valence-corrected chi connectivity index (χ4v) is 8.41. The summed E-state index contributed by atoms with van der Waals surface area (Å²) in [5.74, 6) is -4.18. The van der Waals surface area contributed by atoms with Gasteiger partial charge < -0.3 is 43.9 Å². The normalized spacial score (nSPS) is 39.2. The average Bonchev–Trinajstić information content (AvgIpc) is 3.14. The van der Waals surface area contributed by atoms with Gasteiger partial charge in [0.15, 0.2) is 6.29 Å². The number of ether oxygens (including phenoxy) is 5. The van der Waals surface area contributed by atoms with Crippen LogP contribution in [0.4, 0.5) is 0 Å². The van der Waals surface area contributed by atoms with E-state index in [0.717, 1.165) is 16.5 Å². The summed E-state index contributed by atoms with van der Waals surface area (Å²) in [6.07, 6.45) is -0.305. The molecule has 12 heteroatoms. The highest BCUT2D eigenvalue weighted by atomic mass is 16.7. The average molecular weight is 757 g/mol. The van der Waals surface area contributed by atoms with Crippen molar-refractivity contribution in [2.75, 3.05) is 27.8 Å². The third kappa shape index (κ3) is 9.76. The summed E-state index contributed by atoms with van der Waals surface area (Å²) in [7, 11) is 5.28. The van der Waals surface area contributed by atoms with Crippen molar-refractivity contribution in [1.82, 2.24) is 9.88 Å². The number of hydrogen-bond acceptors (Lipinski definition) is 12. The first kappa shape index (κ1) is 43.9. The minimum Gasteiger partial charge on any atom is -0.459 e. The van der Waals surface area contributed by atoms with E-state index in [9.17, 15) is 24.9 Å². The summed E-state index contributed by atoms with van der Waals surface area (Å²) in [6, 6.07) is 9.58. The van der Waals surface area contributed by atoms with Gasteiger partial charge in [0.2, 0.25) is 0 Å². The molecule has 2 fully saturated rings. The number of benzene rings is 1. The molecule has 14 atom stereocenters. The van der Waals surface area contributed by atoms with E-state index in [1.54, 1.807) is 53.8 Å². The first-order chi connectivity index (χ1) is 25.4. The fraction of sp³-hybridized carbons (Fsp3) is 0.690. The molecule has 4 rings (SSSR count). The number of aliphatic hydroxyl groups excluding tert-OH is 2. The van der Waals surface area contributed by atoms with E-state index < -0.39 is 77.7 Å². The van der Waals surface area contributed by atoms with Crippen LogP contribution in [0.3, 0.4) is 0 Å². The maximum absolute atomic E-state index is 14.4. The number of para-hydroxylation sites is 1. The number of ketones is 1. The number of Topliss-reactive ketones (excluding diaryl/α,β-unsaturated/α-hetero) is 1. The number of carbonyl (C=O) groups excluding carboxylic acids is 2. The number of hydrogen-bond donors (Lipinski definition) is 3. The summed E-state index contributed by atoms with van der Waals surface area (Å²) in [5.41, 5.74) is -1.25. The zero-order chi connectivity index (χ0) is 40.1. The van der Waals surface area contributed by atoms with Gasteiger partial charge in [0.1, 0.15) is 23.6 Å². The molecule has 2 aromatic rings. The van der Waals surface area contributed by atoms with Gasteiger partial charge in [-0.25, -0.2) is 0 Å². The number of aromatic nitrogens is 1. The van der Waals surface area contributed by atoms with Gasteiger partial charge in [-0.3, -0.25) is 14.6 Å². The minimum absolute atomic E-state index is 0.0540. The summed E-state index contributed by atoms with van der Waals surface area (Å²) < 4.78 is 31.3. The second kappa shape index (κ2) is 18.4. The number of rotatable bonds is 9. The Morgan fingerprint density at radius 2 is 1.70 bits per heavy atom. The fourth-order valence-electron chi connectivity index (χ4n) is 8.41. The second-order valence-electron chi connectivity index (χ2n) is 16.3. The molecule has 302 valence electrons. The molecule has 0 saturated carbocycles. The van der Waals surface area contributed by atoms with Crippen LogP contribution in [0.15, 0.2) is 42.6 Å². The summed E-state index contributed by atoms with van der Waals surface area (Å²) in [6.45, 7) is 13.9. The van der Waals surface area contributed by atoms with Crippen LogP contribution in [-0.4, -0.2) is 125 Å². The molecule has 12 nitrogen and oxygen atoms in total. The Kier molecular flexibility index (Phi) is 15.0. The summed E-state index contributed by atoms with van der Waals surface area (Å²) in [5, 5.41) is 36.4. The smallest absolute Gasteiger partial charge is 0.311 e. The first-order valence-corrected chi connectivity index (χ1v) is 19.3. The second-order valence-corrected chi connectivity index (χ2v) is 16.3. The van der Waals surface area contributed by atoms with Crippen molar-refractivity contribution < 1.29 is 48.6 Å². The molecule has 2 aliphatic rings. The van der Waals surface area contributed by atoms with E-state index in [1.807, 2.05) is 62.3 Å². The zero-order valence-corrected chi connectivity index (χ0v) is 34.0. The lowest BCUT2D eigenvalue weighted by molar-refractivity contribution is -0.301. The molecular weight excluding hydrogens is 692 g/mol. The molecule has 0 amide bonds. The first-order valence-electron chi connectivity index (χ1n) is 19.3. The van der Waals surface area contributed by atoms with Crippen LogP contribution in [0, 0.1) is 23.7 Å². The maximum atomic E-state index is 14.4. The Hall–Kier alpha value is -2.81. The quantitative estimate of drug-likeness (QED) is 0.301. The highest BCUT2D eigenvalue weighted by molar-refractivity contribution is 5.84. The molecule has 1 unspecified atom stereocenters. The number of aliphatic hydroxyl groups is 3. The number of esters is 1. The highest BCUT2D eigenvalue weighted by Crippen LogP contribution is 2.39. The molecule has 3 N–H and O–H groups in total. The van der Waals surface area contributed by atoms with Crippen molar-refractivity contribution in [3.8, 4) is 0 Å². The SMILES string of the molecule is CC[C@H]1OC(=O)[C@H](C)[C@@H](O)[C@H](C)[C@@H](OC2O[C@H](C)C[C@H](N(C)C)[C@H]2O)[C@@](C)(OC)C[C@@H](C)C(=O)[C@H](C)[C@@H](OC/C=C/c2cnc3ccccc3c2)[C@]1(C)O. The molecule has 1 aromatic carbocycles. The molecule has 3 heterocycles. The Balaban J connectivity index is 1.69. The molecular formula is C42H64N2O10. The van der Waals surface area contributed by atoms with E-state index in [0.29, 0.717) is 6.42 Å². The lowest BCUT2D eigenvalue weighted by atomic mass is 9.74. The lowest BCUT2D eigenvalue weighted by Crippen LogP contribution is -2.60. The van der Waals surface area contributed by atoms with Crippen molar-refractivity contribution in [2.45, 2.75) is 135 Å². The van der Waals surface area contributed by atoms with Gasteiger partial charge in [-0.2, -0.15) is 0 Å². The number of cyclic esters (lactones) is 1. The van der Waals surface area contributed by atoms with Gasteiger partial charge in [0.25, 0.3) is 0 Å². The van der Waals surface area contributed by atoms with E-state index in [2.05, 4.69) is 4.98 Å². The number of pyridine rings is 1. The topological polar surface area (TPSA) is 157 Å². The van der Waals surface area contributed by atoms with Crippen LogP contribution in [0.2, 0.25) is 0 Å². The van der Waals surface area contributed by atoms with Crippen LogP contribution in [-0.2, 0) is 33.3 Å². The van der Waals surface area contributed by atoms with Crippen LogP contribution in [0.5, 0.6) is 0 Å². The molecule has 2 saturated heterocycles. The van der Waals surface area contributed by atoms with Crippen molar-refractivity contribution in [3.63, 3.8) is 0 Å². The van der Waals surface area contributed by atoms with E-state index in [1.165, 1.54) is 14.0 Å². The standard InChI is InChI=1S/C42H64N2O10/c1-12-33-42(8,49)38(51-19-15-16-29-21-30-17-13-14-18-31(30)43-23-29)26(4)34(45)24(2)22-41(7,50-11)37(27(5)35(46)28(6)39(48)53-33)54-40-36(47)32(44(9)10)20-25(3)52-40/h13-18,21,23-28,32-33,35-38,40,46-47,49H,12,19-20,22H2,1-11H3/b16-15+/t24-,25-,26+,27+,28-,32+,33-,35+,36-,37-,38-,40?,41+,42-/m1/s1. The van der Waals surface area contributed by atoms with Crippen molar-refractivity contribution in [1.29, 1.82) is 0 Å². The van der Waals surface area contributed by atoms with Gasteiger partial charge in [-0.1, -0.05) is 58.0 Å². The van der Waals surface area contributed by atoms with Gasteiger partial charge >= 0.3 is 5.97 Å². The van der Waals surface area contributed by atoms with Gasteiger partial charge in [0, 0.05) is 42.5 Å². The number of methoxy groups -OCH3 is 1. The predicted octanol–water partition coefficient (Wildman–Crippen LogP) is 4.80. The molecule has 0 spiro atoms. The third-order valence-electron chi connectivity index (χ3n) is 11.8. The number of carbonyl (C=O) groups is 2. The Bertz CT molecular complexity index is 1580. The van der Waals surface area contributed by atoms with Crippen molar-refractivity contribution in [3.05, 3.63) is 48.2 Å². The van der Waals surface area contributed by atoms with Crippen LogP contribution < -0.4 is 0 Å². The van der Waals surface area contributed by atoms with Crippen LogP contribution in [0.1, 0.15) is 80.2 Å². The predicted molar refractivity (Wildman–Crippen MR) is 206 cm³/mol. The number of likely N-dealkylation sites (N-methyl/N-ethyl adjacent to an activating group) is 1. The number of fused-ring (bicyclic) bond motifs is 1. The van der Waals surface area contributed by atoms with Crippen molar-refractivity contribution >= 4 is 28.7 Å². The Labute approximate surface area is 321 Å². The van der Waals surface area contributed by atoms with E-state index in [-0.39, 0.29) is 37.4 Å². The van der Waals surface area contributed by atoms with Gasteiger partial charge in [-0.05, 0) is 78.7 Å². The van der Waals surface area contributed by atoms with Crippen molar-refractivity contribution in [2.24, 2.45) is 23.7 Å². The largest absolute Gasteiger partial charge is 0.459 e. The van der Waals surface area contributed by atoms with Crippen LogP contribution >= 0.6 is 0 Å². The third-order valence-corrected chi connectivity index (χ3v) is 11.8. The van der Waals surface area contributed by atoms with E-state index >= 15 is 0 Å². The Morgan fingerprint density at radius 1 is 1.02 bits per heavy atom. The molecule has 0 radical (unpaired) electrons. The van der Waals surface area contributed by atoms with Gasteiger partial charge in [0.05, 0.1) is 48.1 Å². The lowest BCUT2D eigenvalue weighted by Gasteiger charge is -2.48. The minimum atomic E-state index is -1.79. The molecule has 1 aromatic heterocycles. The maximum Gasteiger partial charge on any atom is 0.311 e. The summed E-state index contributed by atoms with van der Waals surface area (Å²) >= 11 is 0. The monoisotopic (exact) mass is 756 g/mol. The van der Waals surface area contributed by atoms with E-state index in [4.69, 9.17) is 23.7 Å². The molecule has 0 aliphatic carbocycles.